The number of benzene rings is 1. The summed E-state index contributed by atoms with van der Waals surface area (Å²) in [4.78, 5) is 0. The van der Waals surface area contributed by atoms with Crippen molar-refractivity contribution in [3.63, 3.8) is 0 Å². The molecule has 1 aliphatic heterocycles. The van der Waals surface area contributed by atoms with Gasteiger partial charge in [-0.05, 0) is 56.0 Å². The van der Waals surface area contributed by atoms with Crippen LogP contribution in [0.15, 0.2) is 30.3 Å². The van der Waals surface area contributed by atoms with Gasteiger partial charge >= 0.3 is 0 Å². The predicted molar refractivity (Wildman–Crippen MR) is 100 cm³/mol. The summed E-state index contributed by atoms with van der Waals surface area (Å²) in [6.07, 6.45) is 6.72. The largest absolute Gasteiger partial charge is 0.375 e. The lowest BCUT2D eigenvalue weighted by Gasteiger charge is -2.34. The van der Waals surface area contributed by atoms with Gasteiger partial charge in [0.25, 0.3) is 0 Å². The Kier molecular flexibility index (Phi) is 6.49. The molecule has 2 atom stereocenters. The molecule has 0 bridgehead atoms. The second kappa shape index (κ2) is 8.62. The van der Waals surface area contributed by atoms with E-state index in [1.54, 1.807) is 0 Å². The molecule has 1 aromatic carbocycles. The molecule has 0 spiro atoms. The van der Waals surface area contributed by atoms with Crippen LogP contribution >= 0.6 is 0 Å². The van der Waals surface area contributed by atoms with Gasteiger partial charge < -0.3 is 10.1 Å². The molecule has 3 rings (SSSR count). The van der Waals surface area contributed by atoms with Crippen LogP contribution in [0.1, 0.15) is 43.6 Å². The van der Waals surface area contributed by atoms with Crippen molar-refractivity contribution in [1.29, 1.82) is 0 Å². The number of sulfonamides is 1. The lowest BCUT2D eigenvalue weighted by atomic mass is 9.79. The Bertz CT molecular complexity index is 627. The lowest BCUT2D eigenvalue weighted by Crippen LogP contribution is -2.53. The third-order valence-electron chi connectivity index (χ3n) is 5.46. The minimum atomic E-state index is -3.20. The zero-order valence-electron chi connectivity index (χ0n) is 15.0. The molecule has 1 aromatic rings. The second-order valence-corrected chi connectivity index (χ2v) is 9.27. The highest BCUT2D eigenvalue weighted by atomic mass is 32.2. The maximum Gasteiger partial charge on any atom is 0.209 e. The molecule has 140 valence electrons. The van der Waals surface area contributed by atoms with Gasteiger partial charge in [0.05, 0.1) is 18.4 Å². The van der Waals surface area contributed by atoms with Crippen LogP contribution in [0.4, 0.5) is 0 Å². The van der Waals surface area contributed by atoms with Gasteiger partial charge in [0.15, 0.2) is 0 Å². The van der Waals surface area contributed by atoms with Crippen LogP contribution in [0.3, 0.4) is 0 Å². The summed E-state index contributed by atoms with van der Waals surface area (Å²) in [6.45, 7) is 2.28. The van der Waals surface area contributed by atoms with Crippen LogP contribution in [0.25, 0.3) is 0 Å². The summed E-state index contributed by atoms with van der Waals surface area (Å²) in [5, 5.41) is 3.31. The highest BCUT2D eigenvalue weighted by molar-refractivity contribution is 7.88. The van der Waals surface area contributed by atoms with Gasteiger partial charge in [0, 0.05) is 13.2 Å². The van der Waals surface area contributed by atoms with Crippen molar-refractivity contribution in [2.45, 2.75) is 50.2 Å². The summed E-state index contributed by atoms with van der Waals surface area (Å²) >= 11 is 0. The quantitative estimate of drug-likeness (QED) is 0.810. The first-order valence-electron chi connectivity index (χ1n) is 9.36. The lowest BCUT2D eigenvalue weighted by molar-refractivity contribution is -0.00653. The summed E-state index contributed by atoms with van der Waals surface area (Å²) in [7, 11) is -3.20. The van der Waals surface area contributed by atoms with Crippen LogP contribution in [-0.4, -0.2) is 46.5 Å². The molecule has 1 saturated carbocycles. The summed E-state index contributed by atoms with van der Waals surface area (Å²) in [5.41, 5.74) is 1.45. The van der Waals surface area contributed by atoms with Gasteiger partial charge in [-0.3, -0.25) is 0 Å². The van der Waals surface area contributed by atoms with Gasteiger partial charge in [-0.2, -0.15) is 0 Å². The monoisotopic (exact) mass is 366 g/mol. The minimum absolute atomic E-state index is 0.0738. The number of hydrogen-bond donors (Lipinski definition) is 2. The number of piperidine rings is 1. The fourth-order valence-electron chi connectivity index (χ4n) is 4.06. The zero-order chi connectivity index (χ0) is 17.7. The standard InChI is InChI=1S/C19H30N2O3S/c1-25(22,23)21-18-11-12-20-13-19(18)24-14-15-7-9-17(10-8-15)16-5-3-2-4-6-16/h2-6,15,17-21H,7-14H2,1H3/t15?,17?,18-,19+/m1/s1. The van der Waals surface area contributed by atoms with Crippen molar-refractivity contribution in [3.8, 4) is 0 Å². The Morgan fingerprint density at radius 3 is 2.52 bits per heavy atom. The number of nitrogens with one attached hydrogen (secondary N) is 2. The van der Waals surface area contributed by atoms with E-state index in [1.165, 1.54) is 37.5 Å². The molecule has 6 heteroatoms. The first-order valence-corrected chi connectivity index (χ1v) is 11.2. The first-order chi connectivity index (χ1) is 12.0. The molecular formula is C19H30N2O3S. The molecule has 2 fully saturated rings. The SMILES string of the molecule is CS(=O)(=O)N[C@@H]1CCNC[C@@H]1OCC1CCC(c2ccccc2)CC1. The first kappa shape index (κ1) is 18.8. The van der Waals surface area contributed by atoms with Crippen LogP contribution in [0.5, 0.6) is 0 Å². The Hall–Kier alpha value is -0.950. The molecule has 5 nitrogen and oxygen atoms in total. The number of rotatable bonds is 6. The highest BCUT2D eigenvalue weighted by Crippen LogP contribution is 2.35. The molecule has 2 N–H and O–H groups in total. The zero-order valence-corrected chi connectivity index (χ0v) is 15.8. The number of hydrogen-bond acceptors (Lipinski definition) is 4. The van der Waals surface area contributed by atoms with Crippen molar-refractivity contribution in [3.05, 3.63) is 35.9 Å². The third-order valence-corrected chi connectivity index (χ3v) is 6.19. The number of ether oxygens (including phenoxy) is 1. The topological polar surface area (TPSA) is 67.4 Å². The van der Waals surface area contributed by atoms with Gasteiger partial charge in [-0.1, -0.05) is 30.3 Å². The van der Waals surface area contributed by atoms with E-state index in [0.29, 0.717) is 18.4 Å². The molecule has 0 amide bonds. The normalized spacial score (nSPS) is 30.9. The van der Waals surface area contributed by atoms with Crippen LogP contribution in [0.2, 0.25) is 0 Å². The van der Waals surface area contributed by atoms with E-state index in [-0.39, 0.29) is 12.1 Å². The van der Waals surface area contributed by atoms with Gasteiger partial charge in [-0.15, -0.1) is 0 Å². The van der Waals surface area contributed by atoms with Gasteiger partial charge in [-0.25, -0.2) is 13.1 Å². The summed E-state index contributed by atoms with van der Waals surface area (Å²) in [5.74, 6) is 1.26. The summed E-state index contributed by atoms with van der Waals surface area (Å²) in [6, 6.07) is 10.7. The highest BCUT2D eigenvalue weighted by Gasteiger charge is 2.29. The minimum Gasteiger partial charge on any atom is -0.375 e. The maximum absolute atomic E-state index is 11.5. The van der Waals surface area contributed by atoms with Crippen molar-refractivity contribution in [2.24, 2.45) is 5.92 Å². The van der Waals surface area contributed by atoms with E-state index in [1.807, 2.05) is 0 Å². The average Bonchev–Trinajstić information content (AvgIpc) is 2.61. The van der Waals surface area contributed by atoms with Crippen molar-refractivity contribution < 1.29 is 13.2 Å². The summed E-state index contributed by atoms with van der Waals surface area (Å²) < 4.78 is 31.9. The van der Waals surface area contributed by atoms with Gasteiger partial charge in [0.1, 0.15) is 0 Å². The van der Waals surface area contributed by atoms with Crippen molar-refractivity contribution in [2.75, 3.05) is 26.0 Å². The van der Waals surface area contributed by atoms with E-state index >= 15 is 0 Å². The van der Waals surface area contributed by atoms with Crippen molar-refractivity contribution >= 4 is 10.0 Å². The molecule has 0 radical (unpaired) electrons. The molecule has 2 aliphatic rings. The molecule has 1 heterocycles. The van der Waals surface area contributed by atoms with E-state index in [0.717, 1.165) is 19.6 Å². The second-order valence-electron chi connectivity index (χ2n) is 7.49. The fraction of sp³-hybridized carbons (Fsp3) is 0.684. The Morgan fingerprint density at radius 2 is 1.84 bits per heavy atom. The average molecular weight is 367 g/mol. The molecular weight excluding hydrogens is 336 g/mol. The van der Waals surface area contributed by atoms with Crippen LogP contribution in [-0.2, 0) is 14.8 Å². The Balaban J connectivity index is 1.45. The Morgan fingerprint density at radius 1 is 1.12 bits per heavy atom. The third kappa shape index (κ3) is 5.78. The van der Waals surface area contributed by atoms with E-state index in [4.69, 9.17) is 4.74 Å². The van der Waals surface area contributed by atoms with E-state index in [9.17, 15) is 8.42 Å². The molecule has 1 saturated heterocycles. The van der Waals surface area contributed by atoms with Crippen LogP contribution < -0.4 is 10.0 Å². The van der Waals surface area contributed by atoms with E-state index in [2.05, 4.69) is 40.4 Å². The molecule has 0 unspecified atom stereocenters. The predicted octanol–water partition coefficient (Wildman–Crippen LogP) is 2.26. The van der Waals surface area contributed by atoms with E-state index < -0.39 is 10.0 Å². The molecule has 0 aromatic heterocycles. The van der Waals surface area contributed by atoms with Crippen molar-refractivity contribution in [1.82, 2.24) is 10.0 Å². The Labute approximate surface area is 151 Å². The fourth-order valence-corrected chi connectivity index (χ4v) is 4.88. The smallest absolute Gasteiger partial charge is 0.209 e. The van der Waals surface area contributed by atoms with Crippen LogP contribution in [0, 0.1) is 5.92 Å². The maximum atomic E-state index is 11.5. The molecule has 1 aliphatic carbocycles. The molecule has 25 heavy (non-hydrogen) atoms. The van der Waals surface area contributed by atoms with Gasteiger partial charge in [0.2, 0.25) is 10.0 Å².